The number of benzene rings is 4. The summed E-state index contributed by atoms with van der Waals surface area (Å²) in [5, 5.41) is 14.8. The lowest BCUT2D eigenvalue weighted by Crippen LogP contribution is -2.02. The van der Waals surface area contributed by atoms with E-state index < -0.39 is 24.4 Å². The zero-order valence-corrected chi connectivity index (χ0v) is 27.7. The number of hydrogen-bond acceptors (Lipinski definition) is 8. The zero-order chi connectivity index (χ0) is 34.7. The molecule has 0 spiro atoms. The van der Waals surface area contributed by atoms with Crippen LogP contribution in [0.2, 0.25) is 20.1 Å². The van der Waals surface area contributed by atoms with E-state index in [1.807, 2.05) is 0 Å². The molecule has 0 saturated heterocycles. The van der Waals surface area contributed by atoms with Crippen LogP contribution in [0.4, 0.5) is 19.2 Å². The highest BCUT2D eigenvalue weighted by atomic mass is 35.5. The van der Waals surface area contributed by atoms with Crippen molar-refractivity contribution in [3.8, 4) is 0 Å². The van der Waals surface area contributed by atoms with Crippen LogP contribution in [0.15, 0.2) is 118 Å². The molecule has 0 atom stereocenters. The van der Waals surface area contributed by atoms with E-state index in [0.717, 1.165) is 22.3 Å². The zero-order valence-electron chi connectivity index (χ0n) is 24.6. The van der Waals surface area contributed by atoms with Crippen LogP contribution < -0.4 is 0 Å². The number of carbonyl (C=O) groups excluding carboxylic acids is 4. The maximum atomic E-state index is 11.4. The number of carbonyl (C=O) groups is 4. The molecule has 4 amide bonds. The lowest BCUT2D eigenvalue weighted by molar-refractivity contribution is 0.139. The Bertz CT molecular complexity index is 1460. The minimum absolute atomic E-state index is 0.00511. The van der Waals surface area contributed by atoms with E-state index in [1.54, 1.807) is 97.1 Å². The number of azo groups is 2. The number of ether oxygens (including phenoxy) is 4. The molecular weight excluding hydrogens is 710 g/mol. The van der Waals surface area contributed by atoms with Crippen LogP contribution in [-0.2, 0) is 45.4 Å². The first-order chi connectivity index (χ1) is 23.0. The second-order valence-electron chi connectivity index (χ2n) is 9.12. The summed E-state index contributed by atoms with van der Waals surface area (Å²) in [4.78, 5) is 45.5. The van der Waals surface area contributed by atoms with Crippen molar-refractivity contribution in [1.29, 1.82) is 0 Å². The molecule has 0 bridgehead atoms. The van der Waals surface area contributed by atoms with E-state index in [4.69, 9.17) is 65.4 Å². The summed E-state index contributed by atoms with van der Waals surface area (Å²) in [7, 11) is 0. The van der Waals surface area contributed by atoms with Gasteiger partial charge in [-0.1, -0.05) is 115 Å². The van der Waals surface area contributed by atoms with E-state index in [9.17, 15) is 19.2 Å². The maximum Gasteiger partial charge on any atom is 0.452 e. The minimum Gasteiger partial charge on any atom is -0.442 e. The van der Waals surface area contributed by atoms with Crippen molar-refractivity contribution >= 4 is 70.8 Å². The predicted molar refractivity (Wildman–Crippen MR) is 176 cm³/mol. The number of rotatable bonds is 8. The van der Waals surface area contributed by atoms with Crippen LogP contribution in [0.25, 0.3) is 0 Å². The first-order valence-corrected chi connectivity index (χ1v) is 15.0. The molecule has 48 heavy (non-hydrogen) atoms. The third-order valence-corrected chi connectivity index (χ3v) is 6.54. The van der Waals surface area contributed by atoms with Crippen molar-refractivity contribution in [2.75, 3.05) is 0 Å². The van der Waals surface area contributed by atoms with Crippen LogP contribution in [0, 0.1) is 0 Å². The Morgan fingerprint density at radius 3 is 0.688 bits per heavy atom. The Hall–Kier alpha value is -4.88. The third kappa shape index (κ3) is 15.6. The molecule has 4 rings (SSSR count). The lowest BCUT2D eigenvalue weighted by atomic mass is 10.2. The molecule has 16 heteroatoms. The highest BCUT2D eigenvalue weighted by molar-refractivity contribution is 6.31. The van der Waals surface area contributed by atoms with Gasteiger partial charge in [0.15, 0.2) is 0 Å². The van der Waals surface area contributed by atoms with Crippen LogP contribution in [0.5, 0.6) is 0 Å². The summed E-state index contributed by atoms with van der Waals surface area (Å²) in [5.41, 5.74) is 2.92. The van der Waals surface area contributed by atoms with E-state index >= 15 is 0 Å². The normalized spacial score (nSPS) is 10.6. The Morgan fingerprint density at radius 1 is 0.354 bits per heavy atom. The van der Waals surface area contributed by atoms with Gasteiger partial charge < -0.3 is 18.9 Å². The van der Waals surface area contributed by atoms with Gasteiger partial charge in [-0.3, -0.25) is 0 Å². The molecule has 0 aromatic heterocycles. The summed E-state index contributed by atoms with van der Waals surface area (Å²) >= 11 is 23.0. The molecule has 12 nitrogen and oxygen atoms in total. The van der Waals surface area contributed by atoms with Gasteiger partial charge in [0.1, 0.15) is 26.4 Å². The SMILES string of the molecule is O=C(N=NC(=O)OCc1ccc(Cl)cc1)OCc1ccc(Cl)cc1.O=C(N=NC(=O)OCc1ccc(Cl)cc1)OCc1ccc(Cl)cc1. The predicted octanol–water partition coefficient (Wildman–Crippen LogP) is 10.8. The van der Waals surface area contributed by atoms with Crippen molar-refractivity contribution in [2.45, 2.75) is 26.4 Å². The van der Waals surface area contributed by atoms with E-state index in [-0.39, 0.29) is 26.4 Å². The summed E-state index contributed by atoms with van der Waals surface area (Å²) in [6.45, 7) is -0.0205. The van der Waals surface area contributed by atoms with Crippen molar-refractivity contribution < 1.29 is 38.1 Å². The largest absolute Gasteiger partial charge is 0.452 e. The van der Waals surface area contributed by atoms with Crippen LogP contribution in [0.3, 0.4) is 0 Å². The van der Waals surface area contributed by atoms with Gasteiger partial charge in [0, 0.05) is 20.1 Å². The Balaban J connectivity index is 0.000000260. The number of amides is 4. The molecule has 0 aliphatic carbocycles. The molecule has 4 aromatic rings. The Labute approximate surface area is 294 Å². The molecule has 0 unspecified atom stereocenters. The van der Waals surface area contributed by atoms with Gasteiger partial charge >= 0.3 is 24.4 Å². The average Bonchev–Trinajstić information content (AvgIpc) is 3.09. The maximum absolute atomic E-state index is 11.4. The molecular formula is C32H24Cl4N4O8. The Kier molecular flexibility index (Phi) is 16.0. The van der Waals surface area contributed by atoms with Gasteiger partial charge in [-0.05, 0) is 70.8 Å². The van der Waals surface area contributed by atoms with Gasteiger partial charge in [0.05, 0.1) is 0 Å². The van der Waals surface area contributed by atoms with Gasteiger partial charge in [-0.15, -0.1) is 0 Å². The second kappa shape index (κ2) is 20.4. The average molecular weight is 734 g/mol. The fraction of sp³-hybridized carbons (Fsp3) is 0.125. The quantitative estimate of drug-likeness (QED) is 0.128. The molecule has 4 aromatic carbocycles. The van der Waals surface area contributed by atoms with Crippen molar-refractivity contribution in [1.82, 2.24) is 0 Å². The van der Waals surface area contributed by atoms with E-state index in [2.05, 4.69) is 20.5 Å². The fourth-order valence-electron chi connectivity index (χ4n) is 3.18. The number of nitrogens with zero attached hydrogens (tertiary/aromatic N) is 4. The highest BCUT2D eigenvalue weighted by Gasteiger charge is 2.07. The summed E-state index contributed by atoms with van der Waals surface area (Å²) in [6, 6.07) is 26.9. The monoisotopic (exact) mass is 732 g/mol. The molecule has 0 radical (unpaired) electrons. The molecule has 248 valence electrons. The van der Waals surface area contributed by atoms with E-state index in [0.29, 0.717) is 20.1 Å². The third-order valence-electron chi connectivity index (χ3n) is 5.53. The number of hydrogen-bond donors (Lipinski definition) is 0. The summed E-state index contributed by atoms with van der Waals surface area (Å²) in [6.07, 6.45) is -3.97. The molecule has 0 aliphatic rings. The van der Waals surface area contributed by atoms with Gasteiger partial charge in [-0.2, -0.15) is 0 Å². The molecule has 0 fully saturated rings. The fourth-order valence-corrected chi connectivity index (χ4v) is 3.69. The first kappa shape index (κ1) is 37.6. The van der Waals surface area contributed by atoms with Crippen molar-refractivity contribution in [3.05, 3.63) is 139 Å². The Morgan fingerprint density at radius 2 is 0.521 bits per heavy atom. The summed E-state index contributed by atoms with van der Waals surface area (Å²) in [5.74, 6) is 0. The van der Waals surface area contributed by atoms with Crippen LogP contribution in [-0.4, -0.2) is 24.4 Å². The van der Waals surface area contributed by atoms with Gasteiger partial charge in [-0.25, -0.2) is 19.2 Å². The van der Waals surface area contributed by atoms with Crippen molar-refractivity contribution in [2.24, 2.45) is 20.5 Å². The van der Waals surface area contributed by atoms with Gasteiger partial charge in [0.2, 0.25) is 0 Å². The minimum atomic E-state index is -0.992. The van der Waals surface area contributed by atoms with Crippen LogP contribution >= 0.6 is 46.4 Å². The van der Waals surface area contributed by atoms with Gasteiger partial charge in [0.25, 0.3) is 0 Å². The van der Waals surface area contributed by atoms with Crippen LogP contribution in [0.1, 0.15) is 22.3 Å². The molecule has 0 heterocycles. The standard InChI is InChI=1S/2C16H12Cl2N2O4/c2*17-13-5-1-11(2-6-13)9-23-15(21)19-20-16(22)24-10-12-3-7-14(18)8-4-12/h2*1-8H,9-10H2. The smallest absolute Gasteiger partial charge is 0.442 e. The second-order valence-corrected chi connectivity index (χ2v) is 10.9. The topological polar surface area (TPSA) is 155 Å². The lowest BCUT2D eigenvalue weighted by Gasteiger charge is -2.02. The van der Waals surface area contributed by atoms with E-state index in [1.165, 1.54) is 0 Å². The highest BCUT2D eigenvalue weighted by Crippen LogP contribution is 2.13. The molecule has 0 saturated carbocycles. The number of halogens is 4. The first-order valence-electron chi connectivity index (χ1n) is 13.5. The van der Waals surface area contributed by atoms with Crippen molar-refractivity contribution in [3.63, 3.8) is 0 Å². The molecule has 0 N–H and O–H groups in total. The molecule has 0 aliphatic heterocycles. The summed E-state index contributed by atoms with van der Waals surface area (Å²) < 4.78 is 19.3.